The third kappa shape index (κ3) is 11.4. The van der Waals surface area contributed by atoms with Gasteiger partial charge in [0.2, 0.25) is 35.4 Å². The Morgan fingerprint density at radius 1 is 0.462 bits per heavy atom. The van der Waals surface area contributed by atoms with E-state index in [9.17, 15) is 33.3 Å². The van der Waals surface area contributed by atoms with Crippen LogP contribution in [0.5, 0.6) is 0 Å². The van der Waals surface area contributed by atoms with Crippen LogP contribution in [0.25, 0.3) is 0 Å². The lowest BCUT2D eigenvalue weighted by Crippen LogP contribution is -2.32. The molecule has 0 N–H and O–H groups in total. The topological polar surface area (TPSA) is 241 Å². The van der Waals surface area contributed by atoms with Crippen LogP contribution in [-0.4, -0.2) is 188 Å². The number of rotatable bonds is 18. The number of amidine groups is 6. The average Bonchev–Trinajstić information content (AvgIpc) is 4.05. The first kappa shape index (κ1) is 50.7. The van der Waals surface area contributed by atoms with E-state index in [0.717, 1.165) is 35.3 Å². The zero-order chi connectivity index (χ0) is 47.3. The monoisotopic (exact) mass is 1030 g/mol. The van der Waals surface area contributed by atoms with Crippen molar-refractivity contribution in [1.29, 1.82) is 0 Å². The molecule has 6 heterocycles. The van der Waals surface area contributed by atoms with Crippen LogP contribution in [0.1, 0.15) is 20.8 Å². The highest BCUT2D eigenvalue weighted by atomic mass is 32.2. The van der Waals surface area contributed by atoms with E-state index in [2.05, 4.69) is 50.3 Å². The Kier molecular flexibility index (Phi) is 17.1. The third-order valence-corrected chi connectivity index (χ3v) is 17.7. The highest BCUT2D eigenvalue weighted by molar-refractivity contribution is 8.17. The van der Waals surface area contributed by atoms with Crippen LogP contribution < -0.4 is 0 Å². The zero-order valence-corrected chi connectivity index (χ0v) is 41.7. The van der Waals surface area contributed by atoms with E-state index in [1.165, 1.54) is 85.8 Å². The van der Waals surface area contributed by atoms with Crippen LogP contribution >= 0.6 is 78.4 Å². The zero-order valence-electron chi connectivity index (χ0n) is 35.9. The number of amides is 6. The number of carbonyl (C=O) groups excluding carboxylic acids is 6. The summed E-state index contributed by atoms with van der Waals surface area (Å²) < 4.78 is 31.9. The van der Waals surface area contributed by atoms with E-state index in [1.807, 2.05) is 0 Å². The second-order valence-electron chi connectivity index (χ2n) is 14.1. The molecular weight excluding hydrogens is 984 g/mol. The predicted molar refractivity (Wildman–Crippen MR) is 259 cm³/mol. The van der Waals surface area contributed by atoms with Crippen molar-refractivity contribution in [2.24, 2.45) is 30.6 Å². The molecule has 22 nitrogen and oxygen atoms in total. The molecule has 0 aromatic rings. The molecule has 0 saturated carbocycles. The van der Waals surface area contributed by atoms with Crippen LogP contribution in [0, 0.1) is 0 Å². The van der Waals surface area contributed by atoms with E-state index in [1.54, 1.807) is 39.0 Å². The Balaban J connectivity index is 1.17. The molecular formula is C36H45N12O10PS6. The number of carbonyl (C=O) groups is 6. The maximum Gasteiger partial charge on any atom is 0.474 e. The predicted octanol–water partition coefficient (Wildman–Crippen LogP) is 3.20. The standard InChI is InChI=1S/C36H45N12O10PS6/c1-10-13-46-25(49)19(4)60-34(46)40-37-31-43(7)28(52)22(63-31)16-56-59(55,57-17-23-29(53)44(8)32(64-23)38-41-35-47(14-11-2)26(50)20(5)61-35)58-18-24-30(54)45(9)33(65-24)39-42-36-48(15-12-3)27(51)21(6)62-36/h10-12,19-24H,1-3,13-18H2,4-9H3/b37-31+,38-32+,39-33+,40-34+,41-35+,42-36+. The van der Waals surface area contributed by atoms with Gasteiger partial charge >= 0.3 is 7.82 Å². The first-order valence-corrected chi connectivity index (χ1v) is 26.3. The molecule has 350 valence electrons. The second-order valence-corrected chi connectivity index (χ2v) is 23.2. The van der Waals surface area contributed by atoms with Gasteiger partial charge in [0.25, 0.3) is 0 Å². The van der Waals surface area contributed by atoms with Gasteiger partial charge in [0.1, 0.15) is 15.7 Å². The Bertz CT molecular complexity index is 2040. The molecule has 29 heteroatoms. The van der Waals surface area contributed by atoms with Crippen molar-refractivity contribution in [3.05, 3.63) is 38.0 Å². The average molecular weight is 1030 g/mol. The lowest BCUT2D eigenvalue weighted by molar-refractivity contribution is -0.126. The molecule has 6 unspecified atom stereocenters. The normalized spacial score (nSPS) is 31.0. The number of hydrogen-bond donors (Lipinski definition) is 0. The summed E-state index contributed by atoms with van der Waals surface area (Å²) >= 11 is 6.57. The Morgan fingerprint density at radius 3 is 0.954 bits per heavy atom. The van der Waals surface area contributed by atoms with Gasteiger partial charge in [-0.3, -0.25) is 71.7 Å². The first-order valence-electron chi connectivity index (χ1n) is 19.5. The summed E-state index contributed by atoms with van der Waals surface area (Å²) in [6.45, 7) is 15.5. The van der Waals surface area contributed by atoms with Gasteiger partial charge in [-0.2, -0.15) is 0 Å². The minimum atomic E-state index is -4.69. The molecule has 6 rings (SSSR count). The van der Waals surface area contributed by atoms with Gasteiger partial charge < -0.3 is 0 Å². The highest BCUT2D eigenvalue weighted by Gasteiger charge is 2.45. The van der Waals surface area contributed by atoms with Crippen LogP contribution in [0.15, 0.2) is 68.6 Å². The Hall–Kier alpha value is -3.73. The molecule has 6 aliphatic heterocycles. The van der Waals surface area contributed by atoms with Crippen LogP contribution in [0.2, 0.25) is 0 Å². The fourth-order valence-electron chi connectivity index (χ4n) is 6.02. The summed E-state index contributed by atoms with van der Waals surface area (Å²) in [5.41, 5.74) is 0. The van der Waals surface area contributed by atoms with Crippen LogP contribution in [0.3, 0.4) is 0 Å². The van der Waals surface area contributed by atoms with Crippen LogP contribution in [-0.2, 0) is 46.9 Å². The van der Waals surface area contributed by atoms with E-state index < -0.39 is 61.1 Å². The SMILES string of the molecule is C=CCN1C(=O)C(C)S/C1=N/N=C1/SC(COP(=O)(OCC2S/C(=N/N=C3/SC(C)C(=O)N3CC=C)N(C)C2=O)OCC2S/C(=N/N=C3/SC(C)C(=O)N3CC=C)N(C)C2=O)C(=O)N1C. The van der Waals surface area contributed by atoms with Crippen molar-refractivity contribution in [3.63, 3.8) is 0 Å². The van der Waals surface area contributed by atoms with Crippen molar-refractivity contribution < 1.29 is 46.9 Å². The molecule has 0 aliphatic carbocycles. The minimum absolute atomic E-state index is 0.152. The smallest absolute Gasteiger partial charge is 0.292 e. The third-order valence-electron chi connectivity index (χ3n) is 9.55. The summed E-state index contributed by atoms with van der Waals surface area (Å²) in [4.78, 5) is 86.0. The Labute approximate surface area is 400 Å². The van der Waals surface area contributed by atoms with Gasteiger partial charge in [0, 0.05) is 40.8 Å². The summed E-state index contributed by atoms with van der Waals surface area (Å²) in [7, 11) is -0.251. The molecule has 65 heavy (non-hydrogen) atoms. The quantitative estimate of drug-likeness (QED) is 0.109. The van der Waals surface area contributed by atoms with Crippen molar-refractivity contribution >= 4 is 145 Å². The largest absolute Gasteiger partial charge is 0.474 e. The summed E-state index contributed by atoms with van der Waals surface area (Å²) in [5, 5.41) is 22.9. The van der Waals surface area contributed by atoms with Gasteiger partial charge in [-0.25, -0.2) is 4.57 Å². The highest BCUT2D eigenvalue weighted by Crippen LogP contribution is 2.52. The lowest BCUT2D eigenvalue weighted by Gasteiger charge is -2.21. The van der Waals surface area contributed by atoms with E-state index in [4.69, 9.17) is 13.6 Å². The van der Waals surface area contributed by atoms with Crippen LogP contribution in [0.4, 0.5) is 0 Å². The summed E-state index contributed by atoms with van der Waals surface area (Å²) in [6.07, 6.45) is 4.69. The molecule has 0 bridgehead atoms. The fourth-order valence-corrected chi connectivity index (χ4v) is 13.3. The van der Waals surface area contributed by atoms with E-state index in [-0.39, 0.29) is 68.6 Å². The van der Waals surface area contributed by atoms with Gasteiger partial charge in [0.05, 0.1) is 35.6 Å². The number of hydrogen-bond acceptors (Lipinski definition) is 22. The van der Waals surface area contributed by atoms with Gasteiger partial charge in [-0.05, 0) is 20.8 Å². The number of nitrogens with zero attached hydrogens (tertiary/aromatic N) is 12. The molecule has 6 fully saturated rings. The molecule has 0 spiro atoms. The van der Waals surface area contributed by atoms with E-state index in [0.29, 0.717) is 15.5 Å². The van der Waals surface area contributed by atoms with Gasteiger partial charge in [-0.15, -0.1) is 50.3 Å². The Morgan fingerprint density at radius 2 is 0.708 bits per heavy atom. The van der Waals surface area contributed by atoms with Crippen molar-refractivity contribution in [2.75, 3.05) is 60.6 Å². The second kappa shape index (κ2) is 21.9. The molecule has 0 aromatic heterocycles. The van der Waals surface area contributed by atoms with Crippen molar-refractivity contribution in [1.82, 2.24) is 29.4 Å². The van der Waals surface area contributed by atoms with Gasteiger partial charge in [-0.1, -0.05) is 88.8 Å². The molecule has 6 atom stereocenters. The fraction of sp³-hybridized carbons (Fsp3) is 0.500. The molecule has 6 saturated heterocycles. The summed E-state index contributed by atoms with van der Waals surface area (Å²) in [6, 6.07) is 0. The molecule has 0 radical (unpaired) electrons. The molecule has 6 aliphatic rings. The minimum Gasteiger partial charge on any atom is -0.292 e. The van der Waals surface area contributed by atoms with Crippen molar-refractivity contribution in [3.8, 4) is 0 Å². The molecule has 6 amide bonds. The molecule has 0 aromatic carbocycles. The number of phosphoric acid groups is 1. The number of phosphoric ester groups is 1. The maximum atomic E-state index is 14.5. The summed E-state index contributed by atoms with van der Waals surface area (Å²) in [5.74, 6) is -1.85. The maximum absolute atomic E-state index is 14.5. The van der Waals surface area contributed by atoms with E-state index >= 15 is 0 Å². The lowest BCUT2D eigenvalue weighted by atomic mass is 10.4. The van der Waals surface area contributed by atoms with Gasteiger partial charge in [0.15, 0.2) is 31.0 Å². The first-order chi connectivity index (χ1) is 30.9. The number of thioether (sulfide) groups is 6. The van der Waals surface area contributed by atoms with Crippen molar-refractivity contribution in [2.45, 2.75) is 52.3 Å².